The third kappa shape index (κ3) is 4.67. The summed E-state index contributed by atoms with van der Waals surface area (Å²) in [7, 11) is 0. The maximum Gasteiger partial charge on any atom is 0.290 e. The number of rotatable bonds is 7. The van der Waals surface area contributed by atoms with Crippen molar-refractivity contribution in [2.24, 2.45) is 5.73 Å². The second kappa shape index (κ2) is 8.39. The molecule has 3 rings (SSSR count). The molecule has 4 N–H and O–H groups in total. The van der Waals surface area contributed by atoms with Crippen LogP contribution in [-0.4, -0.2) is 33.7 Å². The summed E-state index contributed by atoms with van der Waals surface area (Å²) in [5.74, 6) is -2.52. The zero-order chi connectivity index (χ0) is 21.0. The van der Waals surface area contributed by atoms with Gasteiger partial charge in [-0.1, -0.05) is 42.5 Å². The Morgan fingerprint density at radius 2 is 1.76 bits per heavy atom. The lowest BCUT2D eigenvalue weighted by molar-refractivity contribution is -0.137. The summed E-state index contributed by atoms with van der Waals surface area (Å²) < 4.78 is 5.45. The summed E-state index contributed by atoms with van der Waals surface area (Å²) in [4.78, 5) is 40.8. The molecule has 0 radical (unpaired) electrons. The molecule has 0 aliphatic rings. The summed E-state index contributed by atoms with van der Waals surface area (Å²) in [6, 6.07) is 13.8. The van der Waals surface area contributed by atoms with Gasteiger partial charge < -0.3 is 20.6 Å². The first kappa shape index (κ1) is 19.8. The van der Waals surface area contributed by atoms with Crippen LogP contribution in [0, 0.1) is 6.92 Å². The first-order valence-electron chi connectivity index (χ1n) is 8.80. The molecule has 0 saturated heterocycles. The number of Topliss-reactive ketones (excluding diaryl/α,β-unsaturated/α-hetero) is 1. The number of carbonyl (C=O) groups is 3. The molecule has 0 unspecified atom stereocenters. The molecule has 0 aliphatic heterocycles. The quantitative estimate of drug-likeness (QED) is 0.523. The highest BCUT2D eigenvalue weighted by Gasteiger charge is 2.29. The third-order valence-corrected chi connectivity index (χ3v) is 4.23. The number of oxazole rings is 1. The second-order valence-corrected chi connectivity index (χ2v) is 6.40. The van der Waals surface area contributed by atoms with Gasteiger partial charge >= 0.3 is 0 Å². The predicted molar refractivity (Wildman–Crippen MR) is 104 cm³/mol. The van der Waals surface area contributed by atoms with Gasteiger partial charge in [0.2, 0.25) is 11.5 Å². The minimum Gasteiger partial charge on any atom is -0.508 e. The lowest BCUT2D eigenvalue weighted by Gasteiger charge is -2.16. The molecule has 2 aromatic carbocycles. The van der Waals surface area contributed by atoms with Crippen molar-refractivity contribution in [2.75, 3.05) is 0 Å². The van der Waals surface area contributed by atoms with Crippen LogP contribution in [0.15, 0.2) is 59.0 Å². The maximum atomic E-state index is 12.8. The molecular weight excluding hydrogens is 374 g/mol. The van der Waals surface area contributed by atoms with E-state index >= 15 is 0 Å². The van der Waals surface area contributed by atoms with Crippen molar-refractivity contribution in [1.29, 1.82) is 0 Å². The van der Waals surface area contributed by atoms with Crippen molar-refractivity contribution < 1.29 is 23.9 Å². The van der Waals surface area contributed by atoms with Crippen LogP contribution in [0.5, 0.6) is 5.75 Å². The lowest BCUT2D eigenvalue weighted by Crippen LogP contribution is -2.47. The number of amides is 2. The standard InChI is InChI=1S/C21H19N3O5/c1-12-23-17(14-5-3-2-4-6-14)19(29-12)21(28)24-16(18(26)20(22)27)11-13-7-9-15(25)10-8-13/h2-10,16,25H,11H2,1H3,(H2,22,27)(H,24,28)/t16-/m0/s1. The third-order valence-electron chi connectivity index (χ3n) is 4.23. The molecule has 0 aliphatic carbocycles. The summed E-state index contributed by atoms with van der Waals surface area (Å²) in [6.07, 6.45) is 0.0155. The van der Waals surface area contributed by atoms with Gasteiger partial charge in [-0.2, -0.15) is 0 Å². The Labute approximate surface area is 166 Å². The Kier molecular flexibility index (Phi) is 5.73. The molecule has 1 aromatic heterocycles. The van der Waals surface area contributed by atoms with Gasteiger partial charge in [0.15, 0.2) is 5.89 Å². The summed E-state index contributed by atoms with van der Waals surface area (Å²) >= 11 is 0. The van der Waals surface area contributed by atoms with Crippen LogP contribution in [-0.2, 0) is 16.0 Å². The van der Waals surface area contributed by atoms with E-state index in [0.717, 1.165) is 0 Å². The predicted octanol–water partition coefficient (Wildman–Crippen LogP) is 1.75. The molecular formula is C21H19N3O5. The molecule has 2 amide bonds. The number of hydrogen-bond donors (Lipinski definition) is 3. The number of phenolic OH excluding ortho intramolecular Hbond substituents is 1. The SMILES string of the molecule is Cc1nc(-c2ccccc2)c(C(=O)N[C@@H](Cc2ccc(O)cc2)C(=O)C(N)=O)o1. The van der Waals surface area contributed by atoms with Crippen LogP contribution >= 0.6 is 0 Å². The average Bonchev–Trinajstić information content (AvgIpc) is 3.11. The first-order valence-corrected chi connectivity index (χ1v) is 8.80. The first-order chi connectivity index (χ1) is 13.8. The number of nitrogens with zero attached hydrogens (tertiary/aromatic N) is 1. The number of aryl methyl sites for hydroxylation is 1. The molecule has 1 heterocycles. The average molecular weight is 393 g/mol. The van der Waals surface area contributed by atoms with Gasteiger partial charge in [0.1, 0.15) is 17.5 Å². The smallest absolute Gasteiger partial charge is 0.290 e. The van der Waals surface area contributed by atoms with Gasteiger partial charge in [-0.05, 0) is 17.7 Å². The Morgan fingerprint density at radius 1 is 1.10 bits per heavy atom. The number of ketones is 1. The largest absolute Gasteiger partial charge is 0.508 e. The van der Waals surface area contributed by atoms with Crippen LogP contribution < -0.4 is 11.1 Å². The molecule has 1 atom stereocenters. The van der Waals surface area contributed by atoms with E-state index in [2.05, 4.69) is 10.3 Å². The highest BCUT2D eigenvalue weighted by Crippen LogP contribution is 2.24. The summed E-state index contributed by atoms with van der Waals surface area (Å²) in [6.45, 7) is 1.60. The number of carbonyl (C=O) groups excluding carboxylic acids is 3. The molecule has 0 bridgehead atoms. The van der Waals surface area contributed by atoms with Gasteiger partial charge in [-0.15, -0.1) is 0 Å². The molecule has 0 fully saturated rings. The molecule has 29 heavy (non-hydrogen) atoms. The molecule has 0 spiro atoms. The fourth-order valence-electron chi connectivity index (χ4n) is 2.85. The Bertz CT molecular complexity index is 1040. The Balaban J connectivity index is 1.88. The van der Waals surface area contributed by atoms with Crippen molar-refractivity contribution in [2.45, 2.75) is 19.4 Å². The number of phenols is 1. The summed E-state index contributed by atoms with van der Waals surface area (Å²) in [5.41, 5.74) is 6.76. The zero-order valence-corrected chi connectivity index (χ0v) is 15.6. The molecule has 0 saturated carbocycles. The van der Waals surface area contributed by atoms with Gasteiger partial charge in [-0.25, -0.2) is 4.98 Å². The lowest BCUT2D eigenvalue weighted by atomic mass is 10.0. The highest BCUT2D eigenvalue weighted by atomic mass is 16.4. The van der Waals surface area contributed by atoms with Crippen molar-refractivity contribution in [1.82, 2.24) is 10.3 Å². The zero-order valence-electron chi connectivity index (χ0n) is 15.6. The number of benzene rings is 2. The highest BCUT2D eigenvalue weighted by molar-refractivity contribution is 6.38. The molecule has 8 heteroatoms. The van der Waals surface area contributed by atoms with E-state index in [1.54, 1.807) is 43.3 Å². The number of nitrogens with two attached hydrogens (primary N) is 1. The van der Waals surface area contributed by atoms with E-state index in [9.17, 15) is 19.5 Å². The molecule has 148 valence electrons. The van der Waals surface area contributed by atoms with Crippen LogP contribution in [0.4, 0.5) is 0 Å². The van der Waals surface area contributed by atoms with Crippen LogP contribution in [0.2, 0.25) is 0 Å². The van der Waals surface area contributed by atoms with E-state index in [1.807, 2.05) is 6.07 Å². The fraction of sp³-hybridized carbons (Fsp3) is 0.143. The normalized spacial score (nSPS) is 11.6. The monoisotopic (exact) mass is 393 g/mol. The van der Waals surface area contributed by atoms with Gasteiger partial charge in [0.05, 0.1) is 0 Å². The van der Waals surface area contributed by atoms with Gasteiger partial charge in [0, 0.05) is 18.9 Å². The van der Waals surface area contributed by atoms with Crippen molar-refractivity contribution in [3.8, 4) is 17.0 Å². The Morgan fingerprint density at radius 3 is 2.38 bits per heavy atom. The van der Waals surface area contributed by atoms with Crippen molar-refractivity contribution >= 4 is 17.6 Å². The number of hydrogen-bond acceptors (Lipinski definition) is 6. The van der Waals surface area contributed by atoms with Gasteiger partial charge in [-0.3, -0.25) is 14.4 Å². The van der Waals surface area contributed by atoms with E-state index in [1.165, 1.54) is 12.1 Å². The minimum absolute atomic E-state index is 0.0155. The number of aromatic nitrogens is 1. The summed E-state index contributed by atoms with van der Waals surface area (Å²) in [5, 5.41) is 11.9. The van der Waals surface area contributed by atoms with Crippen molar-refractivity contribution in [3.63, 3.8) is 0 Å². The maximum absolute atomic E-state index is 12.8. The number of nitrogens with one attached hydrogen (secondary N) is 1. The van der Waals surface area contributed by atoms with Gasteiger partial charge in [0.25, 0.3) is 11.8 Å². The fourth-order valence-corrected chi connectivity index (χ4v) is 2.85. The second-order valence-electron chi connectivity index (χ2n) is 6.40. The number of primary amides is 1. The molecule has 3 aromatic rings. The van der Waals surface area contributed by atoms with Crippen LogP contribution in [0.25, 0.3) is 11.3 Å². The van der Waals surface area contributed by atoms with E-state index in [0.29, 0.717) is 16.8 Å². The Hall–Kier alpha value is -3.94. The van der Waals surface area contributed by atoms with Crippen LogP contribution in [0.1, 0.15) is 22.0 Å². The topological polar surface area (TPSA) is 136 Å². The molecule has 8 nitrogen and oxygen atoms in total. The van der Waals surface area contributed by atoms with Crippen molar-refractivity contribution in [3.05, 3.63) is 71.8 Å². The van der Waals surface area contributed by atoms with E-state index in [4.69, 9.17) is 10.2 Å². The van der Waals surface area contributed by atoms with Crippen LogP contribution in [0.3, 0.4) is 0 Å². The van der Waals surface area contributed by atoms with E-state index in [-0.39, 0.29) is 23.8 Å². The van der Waals surface area contributed by atoms with E-state index < -0.39 is 23.6 Å². The minimum atomic E-state index is -1.20. The number of aromatic hydroxyl groups is 1.